The number of hydrogen-bond donors (Lipinski definition) is 2. The molecule has 4 nitrogen and oxygen atoms in total. The van der Waals surface area contributed by atoms with Gasteiger partial charge in [-0.15, -0.1) is 0 Å². The monoisotopic (exact) mass is 364 g/mol. The second kappa shape index (κ2) is 7.43. The Morgan fingerprint density at radius 1 is 1.08 bits per heavy atom. The lowest BCUT2D eigenvalue weighted by Crippen LogP contribution is -3.12. The number of hydrogen-bond acceptors (Lipinski definition) is 2. The van der Waals surface area contributed by atoms with E-state index in [0.717, 1.165) is 37.6 Å². The topological polar surface area (TPSA) is 36.8 Å². The van der Waals surface area contributed by atoms with E-state index in [-0.39, 0.29) is 5.91 Å². The van der Waals surface area contributed by atoms with Crippen molar-refractivity contribution in [3.8, 4) is 0 Å². The number of nitrogens with one attached hydrogen (secondary N) is 2. The van der Waals surface area contributed by atoms with Crippen LogP contribution < -0.4 is 15.1 Å². The molecule has 0 bridgehead atoms. The van der Waals surface area contributed by atoms with E-state index in [1.165, 1.54) is 4.90 Å². The van der Waals surface area contributed by atoms with Gasteiger partial charge in [0.2, 0.25) is 0 Å². The number of quaternary nitrogens is 1. The summed E-state index contributed by atoms with van der Waals surface area (Å²) in [5, 5.41) is 3.88. The van der Waals surface area contributed by atoms with Crippen molar-refractivity contribution in [1.82, 2.24) is 0 Å². The smallest absolute Gasteiger partial charge is 0.255 e. The number of nitrogens with zero attached hydrogens (tertiary/aromatic N) is 1. The zero-order chi connectivity index (χ0) is 17.1. The van der Waals surface area contributed by atoms with Gasteiger partial charge in [-0.2, -0.15) is 0 Å². The first-order chi connectivity index (χ1) is 11.5. The van der Waals surface area contributed by atoms with Crippen LogP contribution in [0.4, 0.5) is 11.4 Å². The summed E-state index contributed by atoms with van der Waals surface area (Å²) in [5.74, 6) is -0.216. The van der Waals surface area contributed by atoms with Gasteiger partial charge in [0, 0.05) is 15.6 Å². The third-order valence-corrected chi connectivity index (χ3v) is 4.67. The number of piperazine rings is 1. The highest BCUT2D eigenvalue weighted by Gasteiger charge is 2.20. The Bertz CT molecular complexity index is 723. The molecule has 1 saturated heterocycles. The van der Waals surface area contributed by atoms with Crippen LogP contribution in [0.3, 0.4) is 0 Å². The highest BCUT2D eigenvalue weighted by Crippen LogP contribution is 2.27. The van der Waals surface area contributed by atoms with Crippen LogP contribution in [0.1, 0.15) is 10.4 Å². The van der Waals surface area contributed by atoms with Crippen molar-refractivity contribution in [2.24, 2.45) is 0 Å². The molecule has 0 saturated carbocycles. The van der Waals surface area contributed by atoms with Gasteiger partial charge in [0.15, 0.2) is 0 Å². The molecule has 0 atom stereocenters. The molecule has 6 heteroatoms. The third-order valence-electron chi connectivity index (χ3n) is 4.23. The van der Waals surface area contributed by atoms with E-state index in [4.69, 9.17) is 23.2 Å². The minimum absolute atomic E-state index is 0.216. The molecule has 1 aliphatic rings. The summed E-state index contributed by atoms with van der Waals surface area (Å²) in [6.45, 7) is 4.13. The Morgan fingerprint density at radius 3 is 2.38 bits per heavy atom. The maximum Gasteiger partial charge on any atom is 0.255 e. The Morgan fingerprint density at radius 2 is 1.71 bits per heavy atom. The molecule has 24 heavy (non-hydrogen) atoms. The molecule has 126 valence electrons. The molecular formula is C18H20Cl2N3O+. The number of likely N-dealkylation sites (N-methyl/N-ethyl adjacent to an activating group) is 1. The molecule has 0 aliphatic carbocycles. The molecule has 1 fully saturated rings. The molecule has 2 N–H and O–H groups in total. The quantitative estimate of drug-likeness (QED) is 0.877. The van der Waals surface area contributed by atoms with Crippen LogP contribution in [-0.2, 0) is 0 Å². The summed E-state index contributed by atoms with van der Waals surface area (Å²) in [6, 6.07) is 12.7. The van der Waals surface area contributed by atoms with Crippen LogP contribution in [0.15, 0.2) is 42.5 Å². The van der Waals surface area contributed by atoms with Gasteiger partial charge >= 0.3 is 0 Å². The van der Waals surface area contributed by atoms with Crippen LogP contribution in [-0.4, -0.2) is 39.1 Å². The minimum Gasteiger partial charge on any atom is -0.359 e. The van der Waals surface area contributed by atoms with E-state index in [2.05, 4.69) is 17.3 Å². The van der Waals surface area contributed by atoms with Gasteiger partial charge in [-0.1, -0.05) is 35.3 Å². The molecular weight excluding hydrogens is 345 g/mol. The molecule has 1 aliphatic heterocycles. The lowest BCUT2D eigenvalue weighted by molar-refractivity contribution is -0.880. The van der Waals surface area contributed by atoms with Gasteiger partial charge in [0.25, 0.3) is 5.91 Å². The number of carbonyl (C=O) groups is 1. The summed E-state index contributed by atoms with van der Waals surface area (Å²) in [4.78, 5) is 16.4. The number of anilines is 2. The van der Waals surface area contributed by atoms with E-state index in [9.17, 15) is 4.79 Å². The number of benzene rings is 2. The first-order valence-corrected chi connectivity index (χ1v) is 8.71. The van der Waals surface area contributed by atoms with Gasteiger partial charge in [0.1, 0.15) is 0 Å². The third kappa shape index (κ3) is 4.01. The van der Waals surface area contributed by atoms with E-state index in [0.29, 0.717) is 15.6 Å². The van der Waals surface area contributed by atoms with Crippen LogP contribution in [0.5, 0.6) is 0 Å². The zero-order valence-electron chi connectivity index (χ0n) is 13.5. The molecule has 2 aromatic carbocycles. The maximum absolute atomic E-state index is 12.6. The SMILES string of the molecule is C[NH+]1CCN(c2ccccc2NC(=O)c2cc(Cl)cc(Cl)c2)CC1. The molecule has 0 unspecified atom stereocenters. The van der Waals surface area contributed by atoms with Gasteiger partial charge in [0.05, 0.1) is 44.6 Å². The standard InChI is InChI=1S/C18H19Cl2N3O/c1-22-6-8-23(9-7-22)17-5-3-2-4-16(17)21-18(24)13-10-14(19)12-15(20)11-13/h2-5,10-12H,6-9H2,1H3,(H,21,24)/p+1. The number of amides is 1. The Kier molecular flexibility index (Phi) is 5.29. The predicted molar refractivity (Wildman–Crippen MR) is 99.7 cm³/mol. The second-order valence-electron chi connectivity index (χ2n) is 6.07. The van der Waals surface area contributed by atoms with E-state index in [1.807, 2.05) is 24.3 Å². The fraction of sp³-hybridized carbons (Fsp3) is 0.278. The van der Waals surface area contributed by atoms with E-state index in [1.54, 1.807) is 18.2 Å². The van der Waals surface area contributed by atoms with E-state index < -0.39 is 0 Å². The van der Waals surface area contributed by atoms with Crippen LogP contribution in [0.25, 0.3) is 0 Å². The zero-order valence-corrected chi connectivity index (χ0v) is 15.0. The highest BCUT2D eigenvalue weighted by molar-refractivity contribution is 6.35. The number of carbonyl (C=O) groups excluding carboxylic acids is 1. The molecule has 0 radical (unpaired) electrons. The van der Waals surface area contributed by atoms with Crippen molar-refractivity contribution < 1.29 is 9.69 Å². The lowest BCUT2D eigenvalue weighted by Gasteiger charge is -2.33. The van der Waals surface area contributed by atoms with Crippen molar-refractivity contribution >= 4 is 40.5 Å². The Balaban J connectivity index is 1.81. The van der Waals surface area contributed by atoms with Crippen LogP contribution in [0.2, 0.25) is 10.0 Å². The largest absolute Gasteiger partial charge is 0.359 e. The Hall–Kier alpha value is -1.75. The predicted octanol–water partition coefficient (Wildman–Crippen LogP) is 2.58. The number of rotatable bonds is 3. The lowest BCUT2D eigenvalue weighted by atomic mass is 10.1. The molecule has 1 heterocycles. The fourth-order valence-corrected chi connectivity index (χ4v) is 3.39. The average Bonchev–Trinajstić information content (AvgIpc) is 2.55. The molecule has 0 spiro atoms. The number of halogens is 2. The van der Waals surface area contributed by atoms with Crippen molar-refractivity contribution in [1.29, 1.82) is 0 Å². The van der Waals surface area contributed by atoms with Gasteiger partial charge < -0.3 is 15.1 Å². The van der Waals surface area contributed by atoms with Crippen molar-refractivity contribution in [2.75, 3.05) is 43.4 Å². The molecule has 3 rings (SSSR count). The summed E-state index contributed by atoms with van der Waals surface area (Å²) >= 11 is 12.0. The first-order valence-electron chi connectivity index (χ1n) is 7.95. The van der Waals surface area contributed by atoms with Crippen LogP contribution in [0, 0.1) is 0 Å². The average molecular weight is 365 g/mol. The second-order valence-corrected chi connectivity index (χ2v) is 6.95. The normalized spacial score (nSPS) is 15.4. The van der Waals surface area contributed by atoms with Crippen molar-refractivity contribution in [2.45, 2.75) is 0 Å². The van der Waals surface area contributed by atoms with Gasteiger partial charge in [-0.25, -0.2) is 0 Å². The highest BCUT2D eigenvalue weighted by atomic mass is 35.5. The van der Waals surface area contributed by atoms with Crippen LogP contribution >= 0.6 is 23.2 Å². The van der Waals surface area contributed by atoms with Gasteiger partial charge in [-0.05, 0) is 30.3 Å². The van der Waals surface area contributed by atoms with Crippen molar-refractivity contribution in [3.05, 3.63) is 58.1 Å². The molecule has 0 aromatic heterocycles. The maximum atomic E-state index is 12.6. The first kappa shape index (κ1) is 17.1. The Labute approximate surface area is 152 Å². The molecule has 2 aromatic rings. The summed E-state index contributed by atoms with van der Waals surface area (Å²) in [5.41, 5.74) is 2.30. The summed E-state index contributed by atoms with van der Waals surface area (Å²) in [7, 11) is 2.20. The van der Waals surface area contributed by atoms with Gasteiger partial charge in [-0.3, -0.25) is 4.79 Å². The van der Waals surface area contributed by atoms with Crippen molar-refractivity contribution in [3.63, 3.8) is 0 Å². The summed E-state index contributed by atoms with van der Waals surface area (Å²) in [6.07, 6.45) is 0. The molecule has 1 amide bonds. The van der Waals surface area contributed by atoms with E-state index >= 15 is 0 Å². The fourth-order valence-electron chi connectivity index (χ4n) is 2.86. The minimum atomic E-state index is -0.216. The number of para-hydroxylation sites is 2. The summed E-state index contributed by atoms with van der Waals surface area (Å²) < 4.78 is 0.